The molecular formula is C21H29FN2O3. The van der Waals surface area contributed by atoms with Gasteiger partial charge >= 0.3 is 6.09 Å². The molecule has 0 spiro atoms. The number of piperidine rings is 1. The Hall–Kier alpha value is -2.11. The van der Waals surface area contributed by atoms with Gasteiger partial charge in [-0.2, -0.15) is 0 Å². The van der Waals surface area contributed by atoms with Crippen LogP contribution in [-0.4, -0.2) is 42.1 Å². The first-order valence-electron chi connectivity index (χ1n) is 9.70. The molecule has 1 aliphatic carbocycles. The predicted molar refractivity (Wildman–Crippen MR) is 101 cm³/mol. The summed E-state index contributed by atoms with van der Waals surface area (Å²) in [5.74, 6) is -0.268. The Kier molecular flexibility index (Phi) is 5.45. The second kappa shape index (κ2) is 7.49. The SMILES string of the molecule is CC(C)(C)OC(=O)N1CCC(C(=O)NCC2(c3ccc(F)cc3)CC2)CC1. The number of nitrogens with one attached hydrogen (secondary N) is 1. The van der Waals surface area contributed by atoms with E-state index in [1.165, 1.54) is 12.1 Å². The van der Waals surface area contributed by atoms with E-state index < -0.39 is 5.60 Å². The molecule has 0 radical (unpaired) electrons. The zero-order valence-electron chi connectivity index (χ0n) is 16.4. The molecule has 2 amide bonds. The van der Waals surface area contributed by atoms with Gasteiger partial charge in [-0.3, -0.25) is 4.79 Å². The van der Waals surface area contributed by atoms with E-state index in [0.29, 0.717) is 32.5 Å². The molecule has 0 aromatic heterocycles. The number of amides is 2. The van der Waals surface area contributed by atoms with Crippen LogP contribution in [0.3, 0.4) is 0 Å². The fourth-order valence-corrected chi connectivity index (χ4v) is 3.57. The molecule has 1 N–H and O–H groups in total. The van der Waals surface area contributed by atoms with Gasteiger partial charge in [0.25, 0.3) is 0 Å². The molecule has 27 heavy (non-hydrogen) atoms. The highest BCUT2D eigenvalue weighted by Crippen LogP contribution is 2.47. The van der Waals surface area contributed by atoms with Crippen molar-refractivity contribution in [3.05, 3.63) is 35.6 Å². The van der Waals surface area contributed by atoms with Gasteiger partial charge in [0.05, 0.1) is 0 Å². The third-order valence-corrected chi connectivity index (χ3v) is 5.43. The number of hydrogen-bond acceptors (Lipinski definition) is 3. The predicted octanol–water partition coefficient (Wildman–Crippen LogP) is 3.62. The van der Waals surface area contributed by atoms with Crippen LogP contribution in [0.2, 0.25) is 0 Å². The molecule has 1 aromatic rings. The number of ether oxygens (including phenoxy) is 1. The van der Waals surface area contributed by atoms with Crippen molar-refractivity contribution in [2.24, 2.45) is 5.92 Å². The summed E-state index contributed by atoms with van der Waals surface area (Å²) in [6.45, 7) is 7.20. The third kappa shape index (κ3) is 4.99. The van der Waals surface area contributed by atoms with Gasteiger partial charge < -0.3 is 15.0 Å². The number of nitrogens with zero attached hydrogens (tertiary/aromatic N) is 1. The van der Waals surface area contributed by atoms with Crippen molar-refractivity contribution in [1.29, 1.82) is 0 Å². The van der Waals surface area contributed by atoms with Crippen LogP contribution in [0.5, 0.6) is 0 Å². The van der Waals surface area contributed by atoms with E-state index in [1.54, 1.807) is 4.90 Å². The topological polar surface area (TPSA) is 58.6 Å². The minimum atomic E-state index is -0.510. The highest BCUT2D eigenvalue weighted by atomic mass is 19.1. The van der Waals surface area contributed by atoms with Gasteiger partial charge in [0, 0.05) is 31.0 Å². The molecule has 1 aliphatic heterocycles. The van der Waals surface area contributed by atoms with Crippen molar-refractivity contribution >= 4 is 12.0 Å². The Labute approximate surface area is 160 Å². The summed E-state index contributed by atoms with van der Waals surface area (Å²) in [4.78, 5) is 26.3. The summed E-state index contributed by atoms with van der Waals surface area (Å²) >= 11 is 0. The number of carbonyl (C=O) groups is 2. The second-order valence-corrected chi connectivity index (χ2v) is 8.75. The van der Waals surface area contributed by atoms with E-state index >= 15 is 0 Å². The maximum atomic E-state index is 13.1. The van der Waals surface area contributed by atoms with Crippen LogP contribution < -0.4 is 5.32 Å². The molecule has 1 saturated heterocycles. The minimum Gasteiger partial charge on any atom is -0.444 e. The maximum Gasteiger partial charge on any atom is 0.410 e. The summed E-state index contributed by atoms with van der Waals surface area (Å²) in [6, 6.07) is 6.58. The largest absolute Gasteiger partial charge is 0.444 e. The Morgan fingerprint density at radius 2 is 1.78 bits per heavy atom. The fraction of sp³-hybridized carbons (Fsp3) is 0.619. The lowest BCUT2D eigenvalue weighted by Gasteiger charge is -2.33. The number of benzene rings is 1. The normalized spacial score (nSPS) is 19.5. The lowest BCUT2D eigenvalue weighted by molar-refractivity contribution is -0.126. The molecule has 1 saturated carbocycles. The highest BCUT2D eigenvalue weighted by Gasteiger charge is 2.44. The number of rotatable bonds is 4. The molecule has 1 heterocycles. The van der Waals surface area contributed by atoms with Crippen LogP contribution in [0.4, 0.5) is 9.18 Å². The van der Waals surface area contributed by atoms with Gasteiger partial charge in [0.15, 0.2) is 0 Å². The minimum absolute atomic E-state index is 0.0411. The van der Waals surface area contributed by atoms with Gasteiger partial charge in [-0.05, 0) is 64.2 Å². The number of likely N-dealkylation sites (tertiary alicyclic amines) is 1. The van der Waals surface area contributed by atoms with Crippen LogP contribution >= 0.6 is 0 Å². The monoisotopic (exact) mass is 376 g/mol. The first-order chi connectivity index (χ1) is 12.7. The van der Waals surface area contributed by atoms with Gasteiger partial charge in [-0.25, -0.2) is 9.18 Å². The van der Waals surface area contributed by atoms with Gasteiger partial charge in [0.1, 0.15) is 11.4 Å². The van der Waals surface area contributed by atoms with Crippen molar-refractivity contribution in [1.82, 2.24) is 10.2 Å². The zero-order valence-corrected chi connectivity index (χ0v) is 16.4. The van der Waals surface area contributed by atoms with E-state index in [4.69, 9.17) is 4.74 Å². The van der Waals surface area contributed by atoms with Gasteiger partial charge in [-0.1, -0.05) is 12.1 Å². The van der Waals surface area contributed by atoms with Gasteiger partial charge in [-0.15, -0.1) is 0 Å². The molecule has 148 valence electrons. The molecular weight excluding hydrogens is 347 g/mol. The smallest absolute Gasteiger partial charge is 0.410 e. The Balaban J connectivity index is 1.46. The molecule has 5 nitrogen and oxygen atoms in total. The van der Waals surface area contributed by atoms with Crippen LogP contribution in [0, 0.1) is 11.7 Å². The maximum absolute atomic E-state index is 13.1. The Morgan fingerprint density at radius 3 is 2.30 bits per heavy atom. The first kappa shape index (κ1) is 19.6. The van der Waals surface area contributed by atoms with E-state index in [9.17, 15) is 14.0 Å². The van der Waals surface area contributed by atoms with Gasteiger partial charge in [0.2, 0.25) is 5.91 Å². The number of hydrogen-bond donors (Lipinski definition) is 1. The summed E-state index contributed by atoms with van der Waals surface area (Å²) < 4.78 is 18.5. The average Bonchev–Trinajstić information content (AvgIpc) is 3.40. The van der Waals surface area contributed by atoms with Crippen LogP contribution in [0.25, 0.3) is 0 Å². The van der Waals surface area contributed by atoms with Crippen LogP contribution in [0.15, 0.2) is 24.3 Å². The summed E-state index contributed by atoms with van der Waals surface area (Å²) in [6.07, 6.45) is 3.00. The lowest BCUT2D eigenvalue weighted by atomic mass is 9.93. The summed E-state index contributed by atoms with van der Waals surface area (Å²) in [5.41, 5.74) is 0.536. The quantitative estimate of drug-likeness (QED) is 0.873. The first-order valence-corrected chi connectivity index (χ1v) is 9.70. The standard InChI is InChI=1S/C21H29FN2O3/c1-20(2,3)27-19(26)24-12-8-15(9-13-24)18(25)23-14-21(10-11-21)16-4-6-17(22)7-5-16/h4-7,15H,8-14H2,1-3H3,(H,23,25). The van der Waals surface area contributed by atoms with Crippen molar-refractivity contribution in [3.63, 3.8) is 0 Å². The summed E-state index contributed by atoms with van der Waals surface area (Å²) in [5, 5.41) is 3.08. The zero-order chi connectivity index (χ0) is 19.7. The van der Waals surface area contributed by atoms with Crippen molar-refractivity contribution in [2.45, 2.75) is 57.5 Å². The molecule has 2 fully saturated rings. The molecule has 1 aromatic carbocycles. The molecule has 6 heteroatoms. The van der Waals surface area contributed by atoms with Crippen molar-refractivity contribution < 1.29 is 18.7 Å². The number of halogens is 1. The van der Waals surface area contributed by atoms with Crippen molar-refractivity contribution in [2.75, 3.05) is 19.6 Å². The van der Waals surface area contributed by atoms with Crippen LogP contribution in [0.1, 0.15) is 52.0 Å². The lowest BCUT2D eigenvalue weighted by Crippen LogP contribution is -2.45. The molecule has 3 rings (SSSR count). The number of carbonyl (C=O) groups excluding carboxylic acids is 2. The van der Waals surface area contributed by atoms with E-state index in [2.05, 4.69) is 5.32 Å². The fourth-order valence-electron chi connectivity index (χ4n) is 3.57. The molecule has 0 unspecified atom stereocenters. The van der Waals surface area contributed by atoms with E-state index in [-0.39, 0.29) is 29.2 Å². The summed E-state index contributed by atoms with van der Waals surface area (Å²) in [7, 11) is 0. The Morgan fingerprint density at radius 1 is 1.19 bits per heavy atom. The molecule has 0 bridgehead atoms. The van der Waals surface area contributed by atoms with E-state index in [1.807, 2.05) is 32.9 Å². The Bertz CT molecular complexity index is 684. The van der Waals surface area contributed by atoms with Crippen LogP contribution in [-0.2, 0) is 14.9 Å². The highest BCUT2D eigenvalue weighted by molar-refractivity contribution is 5.79. The van der Waals surface area contributed by atoms with Crippen molar-refractivity contribution in [3.8, 4) is 0 Å². The molecule has 0 atom stereocenters. The van der Waals surface area contributed by atoms with E-state index in [0.717, 1.165) is 18.4 Å². The third-order valence-electron chi connectivity index (χ3n) is 5.43. The average molecular weight is 376 g/mol. The second-order valence-electron chi connectivity index (χ2n) is 8.75. The molecule has 2 aliphatic rings.